The molecule has 0 aliphatic carbocycles. The van der Waals surface area contributed by atoms with Crippen LogP contribution in [0.2, 0.25) is 0 Å². The molecule has 6 nitrogen and oxygen atoms in total. The Morgan fingerprint density at radius 3 is 2.03 bits per heavy atom. The van der Waals surface area contributed by atoms with Gasteiger partial charge >= 0.3 is 13.7 Å². The van der Waals surface area contributed by atoms with Gasteiger partial charge in [0.2, 0.25) is 34.8 Å². The largest absolute Gasteiger partial charge is 0.513 e. The third-order valence-corrected chi connectivity index (χ3v) is 6.37. The zero-order chi connectivity index (χ0) is 25.5. The molecule has 2 aromatic rings. The second-order valence-electron chi connectivity index (χ2n) is 7.44. The molecule has 34 heavy (non-hydrogen) atoms. The van der Waals surface area contributed by atoms with Crippen LogP contribution in [0.5, 0.6) is 11.5 Å². The number of halogens is 5. The molecule has 2 unspecified atom stereocenters. The number of carbonyl (C=O) groups is 1. The number of benzene rings is 2. The standard InChI is InChI=1S/C22H25F5NO5P/c1-4-9-14(5-2)12-31-22(29)13(3)28-34(30,32-15-10-7-6-8-11-15)33-21-19(26)17(24)16(23)18(25)20(21)27/h6-8,10-11,13-14H,4-5,9,12H2,1-3H3,(H,28,30)/t13-,14?,34?/m0/s1. The summed E-state index contributed by atoms with van der Waals surface area (Å²) in [6.07, 6.45) is 2.44. The molecule has 0 aliphatic rings. The number of para-hydroxylation sites is 1. The first-order chi connectivity index (χ1) is 16.0. The van der Waals surface area contributed by atoms with Gasteiger partial charge in [0, 0.05) is 0 Å². The van der Waals surface area contributed by atoms with Crippen LogP contribution in [0.4, 0.5) is 22.0 Å². The lowest BCUT2D eigenvalue weighted by molar-refractivity contribution is -0.146. The summed E-state index contributed by atoms with van der Waals surface area (Å²) in [5, 5.41) is 2.14. The van der Waals surface area contributed by atoms with Gasteiger partial charge in [0.1, 0.15) is 11.8 Å². The highest BCUT2D eigenvalue weighted by molar-refractivity contribution is 7.52. The van der Waals surface area contributed by atoms with Gasteiger partial charge < -0.3 is 13.8 Å². The Labute approximate surface area is 194 Å². The van der Waals surface area contributed by atoms with Crippen molar-refractivity contribution in [2.45, 2.75) is 46.1 Å². The quantitative estimate of drug-likeness (QED) is 0.119. The normalized spacial score (nSPS) is 14.7. The minimum absolute atomic E-state index is 0.0809. The third kappa shape index (κ3) is 6.93. The van der Waals surface area contributed by atoms with Crippen LogP contribution in [0.25, 0.3) is 0 Å². The molecule has 3 atom stereocenters. The molecule has 2 rings (SSSR count). The molecule has 0 aliphatic heterocycles. The maximum absolute atomic E-state index is 14.1. The molecule has 12 heteroatoms. The van der Waals surface area contributed by atoms with Crippen molar-refractivity contribution in [2.24, 2.45) is 5.92 Å². The average molecular weight is 509 g/mol. The summed E-state index contributed by atoms with van der Waals surface area (Å²) >= 11 is 0. The van der Waals surface area contributed by atoms with Crippen molar-refractivity contribution in [1.82, 2.24) is 5.09 Å². The van der Waals surface area contributed by atoms with E-state index in [-0.39, 0.29) is 18.3 Å². The van der Waals surface area contributed by atoms with Crippen LogP contribution < -0.4 is 14.1 Å². The van der Waals surface area contributed by atoms with Crippen LogP contribution in [-0.4, -0.2) is 18.6 Å². The summed E-state index contributed by atoms with van der Waals surface area (Å²) in [7, 11) is -4.94. The highest BCUT2D eigenvalue weighted by Gasteiger charge is 2.38. The number of rotatable bonds is 12. The van der Waals surface area contributed by atoms with E-state index >= 15 is 0 Å². The first-order valence-corrected chi connectivity index (χ1v) is 12.1. The molecule has 0 saturated heterocycles. The molecular weight excluding hydrogens is 484 g/mol. The zero-order valence-electron chi connectivity index (χ0n) is 18.7. The van der Waals surface area contributed by atoms with Crippen LogP contribution in [0, 0.1) is 35.0 Å². The van der Waals surface area contributed by atoms with Gasteiger partial charge in [-0.15, -0.1) is 0 Å². The van der Waals surface area contributed by atoms with Crippen molar-refractivity contribution >= 4 is 13.7 Å². The lowest BCUT2D eigenvalue weighted by atomic mass is 10.0. The summed E-state index contributed by atoms with van der Waals surface area (Å²) in [4.78, 5) is 12.4. The van der Waals surface area contributed by atoms with Crippen LogP contribution in [0.3, 0.4) is 0 Å². The SMILES string of the molecule is CCCC(CC)COC(=O)[C@H](C)NP(=O)(Oc1ccccc1)Oc1c(F)c(F)c(F)c(F)c1F. The van der Waals surface area contributed by atoms with Gasteiger partial charge in [0.15, 0.2) is 0 Å². The van der Waals surface area contributed by atoms with Crippen molar-refractivity contribution in [2.75, 3.05) is 6.61 Å². The van der Waals surface area contributed by atoms with E-state index in [9.17, 15) is 31.3 Å². The Hall–Kier alpha value is -2.65. The molecule has 1 N–H and O–H groups in total. The molecule has 0 fully saturated rings. The first-order valence-electron chi connectivity index (χ1n) is 10.5. The summed E-state index contributed by atoms with van der Waals surface area (Å²) in [5.41, 5.74) is 0. The topological polar surface area (TPSA) is 73.9 Å². The minimum Gasteiger partial charge on any atom is -0.464 e. The summed E-state index contributed by atoms with van der Waals surface area (Å²) in [6.45, 7) is 5.20. The highest BCUT2D eigenvalue weighted by atomic mass is 31.2. The van der Waals surface area contributed by atoms with E-state index in [2.05, 4.69) is 5.09 Å². The Balaban J connectivity index is 2.32. The summed E-state index contributed by atoms with van der Waals surface area (Å²) in [6, 6.07) is 5.72. The van der Waals surface area contributed by atoms with Gasteiger partial charge in [-0.3, -0.25) is 4.79 Å². The summed E-state index contributed by atoms with van der Waals surface area (Å²) < 4.78 is 97.3. The van der Waals surface area contributed by atoms with E-state index < -0.39 is 54.6 Å². The number of nitrogens with one attached hydrogen (secondary N) is 1. The van der Waals surface area contributed by atoms with Crippen LogP contribution in [0.1, 0.15) is 40.0 Å². The van der Waals surface area contributed by atoms with Crippen molar-refractivity contribution in [3.05, 3.63) is 59.4 Å². The molecule has 2 aromatic carbocycles. The average Bonchev–Trinajstić information content (AvgIpc) is 2.82. The number of esters is 1. The van der Waals surface area contributed by atoms with Crippen molar-refractivity contribution in [3.63, 3.8) is 0 Å². The Kier molecular flexibility index (Phi) is 9.88. The molecule has 0 spiro atoms. The lowest BCUT2D eigenvalue weighted by Crippen LogP contribution is -2.36. The third-order valence-electron chi connectivity index (χ3n) is 4.79. The fraction of sp³-hybridized carbons (Fsp3) is 0.409. The van der Waals surface area contributed by atoms with E-state index in [4.69, 9.17) is 13.8 Å². The Morgan fingerprint density at radius 2 is 1.50 bits per heavy atom. The molecule has 0 heterocycles. The second-order valence-corrected chi connectivity index (χ2v) is 9.05. The van der Waals surface area contributed by atoms with E-state index in [1.807, 2.05) is 13.8 Å². The van der Waals surface area contributed by atoms with E-state index in [0.717, 1.165) is 19.3 Å². The van der Waals surface area contributed by atoms with Gasteiger partial charge in [-0.1, -0.05) is 44.9 Å². The molecule has 0 bridgehead atoms. The maximum Gasteiger partial charge on any atom is 0.513 e. The lowest BCUT2D eigenvalue weighted by Gasteiger charge is -2.24. The van der Waals surface area contributed by atoms with E-state index in [1.165, 1.54) is 31.2 Å². The molecule has 0 amide bonds. The predicted octanol–water partition coefficient (Wildman–Crippen LogP) is 6.30. The predicted molar refractivity (Wildman–Crippen MR) is 114 cm³/mol. The molecule has 0 radical (unpaired) electrons. The van der Waals surface area contributed by atoms with Gasteiger partial charge in [-0.25, -0.2) is 17.7 Å². The van der Waals surface area contributed by atoms with Gasteiger partial charge in [0.25, 0.3) is 0 Å². The van der Waals surface area contributed by atoms with Crippen molar-refractivity contribution in [1.29, 1.82) is 0 Å². The van der Waals surface area contributed by atoms with Crippen molar-refractivity contribution in [3.8, 4) is 11.5 Å². The molecule has 0 saturated carbocycles. The molecular formula is C22H25F5NO5P. The highest BCUT2D eigenvalue weighted by Crippen LogP contribution is 2.47. The molecule has 0 aromatic heterocycles. The number of hydrogen-bond acceptors (Lipinski definition) is 5. The Morgan fingerprint density at radius 1 is 0.941 bits per heavy atom. The van der Waals surface area contributed by atoms with Gasteiger partial charge in [0.05, 0.1) is 6.61 Å². The number of carbonyl (C=O) groups excluding carboxylic acids is 1. The smallest absolute Gasteiger partial charge is 0.464 e. The fourth-order valence-corrected chi connectivity index (χ4v) is 4.43. The van der Waals surface area contributed by atoms with Crippen molar-refractivity contribution < 1.29 is 45.1 Å². The maximum atomic E-state index is 14.1. The first kappa shape index (κ1) is 27.6. The molecule has 188 valence electrons. The van der Waals surface area contributed by atoms with Crippen LogP contribution >= 0.6 is 7.75 Å². The van der Waals surface area contributed by atoms with Crippen LogP contribution in [0.15, 0.2) is 30.3 Å². The van der Waals surface area contributed by atoms with Crippen LogP contribution in [-0.2, 0) is 14.1 Å². The van der Waals surface area contributed by atoms with E-state index in [0.29, 0.717) is 0 Å². The fourth-order valence-electron chi connectivity index (χ4n) is 2.90. The van der Waals surface area contributed by atoms with Gasteiger partial charge in [-0.05, 0) is 31.4 Å². The van der Waals surface area contributed by atoms with E-state index in [1.54, 1.807) is 6.07 Å². The summed E-state index contributed by atoms with van der Waals surface area (Å²) in [5.74, 6) is -14.4. The van der Waals surface area contributed by atoms with Gasteiger partial charge in [-0.2, -0.15) is 13.9 Å². The monoisotopic (exact) mass is 509 g/mol. The number of hydrogen-bond donors (Lipinski definition) is 1. The second kappa shape index (κ2) is 12.2. The minimum atomic E-state index is -4.94. The zero-order valence-corrected chi connectivity index (χ0v) is 19.6. The Bertz CT molecular complexity index is 1010. The number of ether oxygens (including phenoxy) is 1.